The standard InChI is InChI=1S/C11H5BClNO/c12-11-9-6-2-1-3-7(13)10(6)15-8(9)4-5-14-11/h1-5H. The van der Waals surface area contributed by atoms with Crippen LogP contribution in [0.3, 0.4) is 0 Å². The van der Waals surface area contributed by atoms with E-state index in [2.05, 4.69) is 4.98 Å². The fraction of sp³-hybridized carbons (Fsp3) is 0. The van der Waals surface area contributed by atoms with Gasteiger partial charge in [0.2, 0.25) is 0 Å². The van der Waals surface area contributed by atoms with Crippen LogP contribution in [0.5, 0.6) is 0 Å². The number of aromatic nitrogens is 1. The summed E-state index contributed by atoms with van der Waals surface area (Å²) < 4.78 is 5.61. The molecule has 0 fully saturated rings. The van der Waals surface area contributed by atoms with Gasteiger partial charge in [0, 0.05) is 17.0 Å². The van der Waals surface area contributed by atoms with E-state index in [-0.39, 0.29) is 0 Å². The summed E-state index contributed by atoms with van der Waals surface area (Å²) in [7, 11) is 5.80. The van der Waals surface area contributed by atoms with Gasteiger partial charge in [0.1, 0.15) is 13.4 Å². The highest BCUT2D eigenvalue weighted by molar-refractivity contribution is 6.41. The van der Waals surface area contributed by atoms with E-state index in [0.29, 0.717) is 21.8 Å². The van der Waals surface area contributed by atoms with Crippen LogP contribution in [0.2, 0.25) is 5.02 Å². The van der Waals surface area contributed by atoms with Crippen LogP contribution in [0, 0.1) is 0 Å². The summed E-state index contributed by atoms with van der Waals surface area (Å²) in [5, 5.41) is 2.32. The Morgan fingerprint density at radius 1 is 1.27 bits per heavy atom. The maximum Gasteiger partial charge on any atom is 0.154 e. The molecule has 0 aliphatic carbocycles. The fourth-order valence-corrected chi connectivity index (χ4v) is 1.95. The fourth-order valence-electron chi connectivity index (χ4n) is 1.73. The first-order valence-electron chi connectivity index (χ1n) is 4.48. The van der Waals surface area contributed by atoms with Crippen molar-refractivity contribution < 1.29 is 4.42 Å². The van der Waals surface area contributed by atoms with Crippen molar-refractivity contribution in [3.8, 4) is 0 Å². The van der Waals surface area contributed by atoms with E-state index in [1.807, 2.05) is 12.1 Å². The highest BCUT2D eigenvalue weighted by Crippen LogP contribution is 2.31. The second kappa shape index (κ2) is 3.01. The van der Waals surface area contributed by atoms with E-state index in [9.17, 15) is 0 Å². The zero-order chi connectivity index (χ0) is 10.4. The molecular formula is C11H5BClNO. The van der Waals surface area contributed by atoms with Gasteiger partial charge >= 0.3 is 0 Å². The van der Waals surface area contributed by atoms with Gasteiger partial charge in [-0.25, -0.2) is 0 Å². The second-order valence-electron chi connectivity index (χ2n) is 3.29. The smallest absolute Gasteiger partial charge is 0.154 e. The maximum atomic E-state index is 6.03. The first-order valence-corrected chi connectivity index (χ1v) is 4.86. The number of fused-ring (bicyclic) bond motifs is 3. The van der Waals surface area contributed by atoms with Crippen molar-refractivity contribution in [2.45, 2.75) is 0 Å². The van der Waals surface area contributed by atoms with Crippen molar-refractivity contribution in [3.63, 3.8) is 0 Å². The number of halogens is 1. The average molecular weight is 213 g/mol. The Morgan fingerprint density at radius 3 is 3.00 bits per heavy atom. The zero-order valence-corrected chi connectivity index (χ0v) is 8.45. The van der Waals surface area contributed by atoms with E-state index in [0.717, 1.165) is 10.8 Å². The first-order chi connectivity index (χ1) is 7.27. The third-order valence-corrected chi connectivity index (χ3v) is 2.69. The zero-order valence-electron chi connectivity index (χ0n) is 7.70. The molecule has 0 spiro atoms. The van der Waals surface area contributed by atoms with Crippen LogP contribution in [-0.4, -0.2) is 12.8 Å². The average Bonchev–Trinajstić information content (AvgIpc) is 2.59. The second-order valence-corrected chi connectivity index (χ2v) is 3.70. The van der Waals surface area contributed by atoms with E-state index < -0.39 is 0 Å². The molecule has 3 aromatic rings. The molecule has 4 heteroatoms. The molecule has 1 aromatic carbocycles. The molecule has 0 aliphatic heterocycles. The molecule has 0 bridgehead atoms. The summed E-state index contributed by atoms with van der Waals surface area (Å²) >= 11 is 6.03. The molecular weight excluding hydrogens is 208 g/mol. The number of nitrogens with zero attached hydrogens (tertiary/aromatic N) is 1. The van der Waals surface area contributed by atoms with Crippen LogP contribution < -0.4 is 5.59 Å². The lowest BCUT2D eigenvalue weighted by Gasteiger charge is -1.93. The molecule has 0 saturated heterocycles. The molecule has 2 radical (unpaired) electrons. The molecule has 3 rings (SSSR count). The van der Waals surface area contributed by atoms with Crippen molar-refractivity contribution in [2.24, 2.45) is 0 Å². The Balaban J connectivity index is 2.65. The molecule has 15 heavy (non-hydrogen) atoms. The molecule has 2 nitrogen and oxygen atoms in total. The summed E-state index contributed by atoms with van der Waals surface area (Å²) in [6.45, 7) is 0. The van der Waals surface area contributed by atoms with Gasteiger partial charge in [-0.2, -0.15) is 0 Å². The largest absolute Gasteiger partial charge is 0.454 e. The minimum atomic E-state index is 0.466. The number of hydrogen-bond acceptors (Lipinski definition) is 2. The van der Waals surface area contributed by atoms with Gasteiger partial charge in [-0.1, -0.05) is 23.7 Å². The normalized spacial score (nSPS) is 11.3. The topological polar surface area (TPSA) is 26.0 Å². The van der Waals surface area contributed by atoms with Gasteiger partial charge in [-0.3, -0.25) is 4.98 Å². The van der Waals surface area contributed by atoms with Crippen molar-refractivity contribution in [2.75, 3.05) is 0 Å². The van der Waals surface area contributed by atoms with Crippen molar-refractivity contribution >= 4 is 47.0 Å². The third kappa shape index (κ3) is 1.16. The third-order valence-electron chi connectivity index (χ3n) is 2.39. The highest BCUT2D eigenvalue weighted by Gasteiger charge is 2.10. The van der Waals surface area contributed by atoms with E-state index in [4.69, 9.17) is 23.9 Å². The Morgan fingerprint density at radius 2 is 2.13 bits per heavy atom. The minimum absolute atomic E-state index is 0.466. The molecule has 0 unspecified atom stereocenters. The number of hydrogen-bond donors (Lipinski definition) is 0. The predicted octanol–water partition coefficient (Wildman–Crippen LogP) is 2.43. The molecule has 2 heterocycles. The number of para-hydroxylation sites is 1. The first kappa shape index (κ1) is 8.80. The van der Waals surface area contributed by atoms with Crippen molar-refractivity contribution in [1.29, 1.82) is 0 Å². The Bertz CT molecular complexity index is 662. The van der Waals surface area contributed by atoms with Gasteiger partial charge in [-0.15, -0.1) is 0 Å². The van der Waals surface area contributed by atoms with E-state index >= 15 is 0 Å². The van der Waals surface area contributed by atoms with E-state index in [1.165, 1.54) is 0 Å². The van der Waals surface area contributed by atoms with E-state index in [1.54, 1.807) is 18.3 Å². The Hall–Kier alpha value is -1.48. The molecule has 0 aliphatic rings. The maximum absolute atomic E-state index is 6.03. The molecule has 0 amide bonds. The summed E-state index contributed by atoms with van der Waals surface area (Å²) in [5.74, 6) is 0. The SMILES string of the molecule is [B]c1nccc2oc3c(Cl)cccc3c12. The predicted molar refractivity (Wildman–Crippen MR) is 61.9 cm³/mol. The van der Waals surface area contributed by atoms with Crippen molar-refractivity contribution in [1.82, 2.24) is 4.98 Å². The molecule has 0 saturated carbocycles. The lowest BCUT2D eigenvalue weighted by atomic mass is 9.98. The van der Waals surface area contributed by atoms with Crippen LogP contribution in [-0.2, 0) is 0 Å². The lowest BCUT2D eigenvalue weighted by molar-refractivity contribution is 0.669. The van der Waals surface area contributed by atoms with Crippen LogP contribution in [0.15, 0.2) is 34.9 Å². The number of pyridine rings is 1. The molecule has 70 valence electrons. The summed E-state index contributed by atoms with van der Waals surface area (Å²) in [6, 6.07) is 7.36. The molecule has 0 N–H and O–H groups in total. The quantitative estimate of drug-likeness (QED) is 0.536. The molecule has 0 atom stereocenters. The number of rotatable bonds is 0. The monoisotopic (exact) mass is 213 g/mol. The Kier molecular flexibility index (Phi) is 1.76. The van der Waals surface area contributed by atoms with Gasteiger partial charge in [-0.05, 0) is 17.7 Å². The van der Waals surface area contributed by atoms with Crippen molar-refractivity contribution in [3.05, 3.63) is 35.5 Å². The van der Waals surface area contributed by atoms with Gasteiger partial charge in [0.05, 0.1) is 5.02 Å². The number of benzene rings is 1. The molecule has 2 aromatic heterocycles. The highest BCUT2D eigenvalue weighted by atomic mass is 35.5. The summed E-state index contributed by atoms with van der Waals surface area (Å²) in [5.41, 5.74) is 1.84. The van der Waals surface area contributed by atoms with Crippen LogP contribution in [0.1, 0.15) is 0 Å². The van der Waals surface area contributed by atoms with Crippen LogP contribution in [0.4, 0.5) is 0 Å². The van der Waals surface area contributed by atoms with Gasteiger partial charge in [0.15, 0.2) is 5.58 Å². The van der Waals surface area contributed by atoms with Gasteiger partial charge < -0.3 is 4.42 Å². The van der Waals surface area contributed by atoms with Gasteiger partial charge in [0.25, 0.3) is 0 Å². The van der Waals surface area contributed by atoms with Crippen LogP contribution in [0.25, 0.3) is 21.9 Å². The number of furan rings is 1. The lowest BCUT2D eigenvalue weighted by Crippen LogP contribution is -2.07. The Labute approximate surface area is 92.3 Å². The summed E-state index contributed by atoms with van der Waals surface area (Å²) in [6.07, 6.45) is 1.62. The van der Waals surface area contributed by atoms with Crippen LogP contribution >= 0.6 is 11.6 Å². The summed E-state index contributed by atoms with van der Waals surface area (Å²) in [4.78, 5) is 4.03. The minimum Gasteiger partial charge on any atom is -0.454 e.